The molecular weight excluding hydrogens is 284 g/mol. The number of nitrogens with zero attached hydrogens (tertiary/aromatic N) is 3. The van der Waals surface area contributed by atoms with Crippen LogP contribution in [0.15, 0.2) is 35.8 Å². The van der Waals surface area contributed by atoms with Crippen LogP contribution in [0.25, 0.3) is 4.96 Å². The minimum absolute atomic E-state index is 0.0563. The van der Waals surface area contributed by atoms with Crippen molar-refractivity contribution in [2.45, 2.75) is 13.5 Å². The third-order valence-electron chi connectivity index (χ3n) is 3.16. The molecule has 0 unspecified atom stereocenters. The average molecular weight is 298 g/mol. The zero-order valence-electron chi connectivity index (χ0n) is 11.5. The normalized spacial score (nSPS) is 10.5. The maximum absolute atomic E-state index is 8.54. The van der Waals surface area contributed by atoms with Crippen LogP contribution in [-0.4, -0.2) is 16.0 Å². The lowest BCUT2D eigenvalue weighted by Gasteiger charge is -2.08. The van der Waals surface area contributed by atoms with Gasteiger partial charge in [0.15, 0.2) is 11.6 Å². The van der Waals surface area contributed by atoms with Gasteiger partial charge in [0, 0.05) is 23.3 Å². The van der Waals surface area contributed by atoms with E-state index in [1.807, 2.05) is 48.8 Å². The van der Waals surface area contributed by atoms with Crippen LogP contribution in [0.5, 0.6) is 5.75 Å². The number of benzene rings is 1. The first-order valence-corrected chi connectivity index (χ1v) is 7.40. The molecule has 0 saturated heterocycles. The number of aryl methyl sites for hydroxylation is 1. The van der Waals surface area contributed by atoms with E-state index in [4.69, 9.17) is 10.00 Å². The molecule has 0 saturated carbocycles. The van der Waals surface area contributed by atoms with Crippen LogP contribution in [0.1, 0.15) is 11.4 Å². The SMILES string of the molecule is Cc1nc2sccn2c1CNc1cccc(OCC#N)c1. The number of nitrogens with one attached hydrogen (secondary N) is 1. The fourth-order valence-electron chi connectivity index (χ4n) is 2.15. The Bertz CT molecular complexity index is 799. The number of thiazole rings is 1. The fourth-order valence-corrected chi connectivity index (χ4v) is 2.93. The molecule has 0 amide bonds. The molecule has 1 aromatic carbocycles. The van der Waals surface area contributed by atoms with Gasteiger partial charge in [0.05, 0.1) is 17.9 Å². The van der Waals surface area contributed by atoms with Crippen molar-refractivity contribution in [1.29, 1.82) is 5.26 Å². The van der Waals surface area contributed by atoms with E-state index in [9.17, 15) is 0 Å². The Hall–Kier alpha value is -2.52. The molecule has 3 aromatic rings. The van der Waals surface area contributed by atoms with Gasteiger partial charge in [0.1, 0.15) is 11.8 Å². The predicted molar refractivity (Wildman–Crippen MR) is 82.7 cm³/mol. The number of nitriles is 1. The first-order valence-electron chi connectivity index (χ1n) is 6.52. The second kappa shape index (κ2) is 5.85. The largest absolute Gasteiger partial charge is 0.479 e. The van der Waals surface area contributed by atoms with E-state index < -0.39 is 0 Å². The van der Waals surface area contributed by atoms with E-state index >= 15 is 0 Å². The van der Waals surface area contributed by atoms with E-state index in [1.165, 1.54) is 0 Å². The second-order valence-corrected chi connectivity index (χ2v) is 5.40. The van der Waals surface area contributed by atoms with Crippen LogP contribution in [-0.2, 0) is 6.54 Å². The molecule has 0 atom stereocenters. The number of hydrogen-bond donors (Lipinski definition) is 1. The lowest BCUT2D eigenvalue weighted by Crippen LogP contribution is -2.03. The van der Waals surface area contributed by atoms with Crippen molar-refractivity contribution < 1.29 is 4.74 Å². The van der Waals surface area contributed by atoms with E-state index in [0.717, 1.165) is 22.0 Å². The molecule has 3 rings (SSSR count). The molecular formula is C15H14N4OS. The highest BCUT2D eigenvalue weighted by Crippen LogP contribution is 2.20. The zero-order valence-corrected chi connectivity index (χ0v) is 12.4. The lowest BCUT2D eigenvalue weighted by molar-refractivity contribution is 0.368. The van der Waals surface area contributed by atoms with Crippen molar-refractivity contribution in [2.24, 2.45) is 0 Å². The number of aromatic nitrogens is 2. The Labute approximate surface area is 126 Å². The molecule has 2 heterocycles. The van der Waals surface area contributed by atoms with Crippen LogP contribution >= 0.6 is 11.3 Å². The number of anilines is 1. The number of ether oxygens (including phenoxy) is 1. The summed E-state index contributed by atoms with van der Waals surface area (Å²) in [5.41, 5.74) is 3.14. The van der Waals surface area contributed by atoms with E-state index in [1.54, 1.807) is 11.3 Å². The Balaban J connectivity index is 1.74. The van der Waals surface area contributed by atoms with Crippen LogP contribution in [0.2, 0.25) is 0 Å². The smallest absolute Gasteiger partial charge is 0.194 e. The quantitative estimate of drug-likeness (QED) is 0.785. The molecule has 0 bridgehead atoms. The average Bonchev–Trinajstić information content (AvgIpc) is 3.04. The summed E-state index contributed by atoms with van der Waals surface area (Å²) in [5.74, 6) is 0.687. The standard InChI is InChI=1S/C15H14N4OS/c1-11-14(19-6-8-21-15(19)18-11)10-17-12-3-2-4-13(9-12)20-7-5-16/h2-4,6,8-9,17H,7,10H2,1H3. The summed E-state index contributed by atoms with van der Waals surface area (Å²) in [6.07, 6.45) is 2.03. The highest BCUT2D eigenvalue weighted by atomic mass is 32.1. The summed E-state index contributed by atoms with van der Waals surface area (Å²) in [6, 6.07) is 9.56. The molecule has 0 aliphatic heterocycles. The van der Waals surface area contributed by atoms with Gasteiger partial charge in [-0.1, -0.05) is 6.07 Å². The maximum Gasteiger partial charge on any atom is 0.194 e. The summed E-state index contributed by atoms with van der Waals surface area (Å²) in [7, 11) is 0. The molecule has 0 radical (unpaired) electrons. The van der Waals surface area contributed by atoms with Crippen molar-refractivity contribution in [3.63, 3.8) is 0 Å². The monoisotopic (exact) mass is 298 g/mol. The van der Waals surface area contributed by atoms with Crippen molar-refractivity contribution in [1.82, 2.24) is 9.38 Å². The minimum atomic E-state index is 0.0563. The summed E-state index contributed by atoms with van der Waals surface area (Å²) >= 11 is 1.63. The van der Waals surface area contributed by atoms with Crippen LogP contribution in [0.3, 0.4) is 0 Å². The number of imidazole rings is 1. The summed E-state index contributed by atoms with van der Waals surface area (Å²) in [6.45, 7) is 2.76. The lowest BCUT2D eigenvalue weighted by atomic mass is 10.3. The fraction of sp³-hybridized carbons (Fsp3) is 0.200. The molecule has 0 fully saturated rings. The van der Waals surface area contributed by atoms with Gasteiger partial charge in [0.25, 0.3) is 0 Å². The topological polar surface area (TPSA) is 62.4 Å². The molecule has 2 aromatic heterocycles. The van der Waals surface area contributed by atoms with Crippen LogP contribution < -0.4 is 10.1 Å². The van der Waals surface area contributed by atoms with Gasteiger partial charge in [-0.3, -0.25) is 4.40 Å². The third kappa shape index (κ3) is 2.83. The van der Waals surface area contributed by atoms with Gasteiger partial charge >= 0.3 is 0 Å². The highest BCUT2D eigenvalue weighted by molar-refractivity contribution is 7.15. The van der Waals surface area contributed by atoms with Gasteiger partial charge in [-0.15, -0.1) is 11.3 Å². The molecule has 0 spiro atoms. The van der Waals surface area contributed by atoms with E-state index in [2.05, 4.69) is 14.7 Å². The molecule has 6 heteroatoms. The first-order chi connectivity index (χ1) is 10.3. The van der Waals surface area contributed by atoms with Crippen molar-refractivity contribution in [3.8, 4) is 11.8 Å². The molecule has 0 aliphatic carbocycles. The van der Waals surface area contributed by atoms with E-state index in [-0.39, 0.29) is 6.61 Å². The Kier molecular flexibility index (Phi) is 3.75. The molecule has 106 valence electrons. The van der Waals surface area contributed by atoms with Crippen molar-refractivity contribution in [2.75, 3.05) is 11.9 Å². The Morgan fingerprint density at radius 1 is 1.48 bits per heavy atom. The van der Waals surface area contributed by atoms with Crippen molar-refractivity contribution >= 4 is 22.0 Å². The predicted octanol–water partition coefficient (Wildman–Crippen LogP) is 3.22. The number of fused-ring (bicyclic) bond motifs is 1. The van der Waals surface area contributed by atoms with Gasteiger partial charge in [-0.25, -0.2) is 4.98 Å². The molecule has 0 aliphatic rings. The summed E-state index contributed by atoms with van der Waals surface area (Å²) < 4.78 is 7.40. The van der Waals surface area contributed by atoms with E-state index in [0.29, 0.717) is 12.3 Å². The van der Waals surface area contributed by atoms with Gasteiger partial charge in [-0.2, -0.15) is 5.26 Å². The Morgan fingerprint density at radius 2 is 2.38 bits per heavy atom. The van der Waals surface area contributed by atoms with Crippen molar-refractivity contribution in [3.05, 3.63) is 47.2 Å². The first kappa shape index (κ1) is 13.5. The second-order valence-electron chi connectivity index (χ2n) is 4.53. The highest BCUT2D eigenvalue weighted by Gasteiger charge is 2.09. The molecule has 1 N–H and O–H groups in total. The number of rotatable bonds is 5. The molecule has 5 nitrogen and oxygen atoms in total. The minimum Gasteiger partial charge on any atom is -0.479 e. The van der Waals surface area contributed by atoms with Gasteiger partial charge in [-0.05, 0) is 19.1 Å². The summed E-state index contributed by atoms with van der Waals surface area (Å²) in [5, 5.41) is 13.9. The molecule has 21 heavy (non-hydrogen) atoms. The third-order valence-corrected chi connectivity index (χ3v) is 3.92. The van der Waals surface area contributed by atoms with Gasteiger partial charge in [0.2, 0.25) is 0 Å². The summed E-state index contributed by atoms with van der Waals surface area (Å²) in [4.78, 5) is 5.53. The van der Waals surface area contributed by atoms with Crippen LogP contribution in [0.4, 0.5) is 5.69 Å². The van der Waals surface area contributed by atoms with Crippen LogP contribution in [0, 0.1) is 18.3 Å². The number of hydrogen-bond acceptors (Lipinski definition) is 5. The zero-order chi connectivity index (χ0) is 14.7. The Morgan fingerprint density at radius 3 is 3.24 bits per heavy atom. The van der Waals surface area contributed by atoms with Gasteiger partial charge < -0.3 is 10.1 Å². The maximum atomic E-state index is 8.54.